The lowest BCUT2D eigenvalue weighted by Crippen LogP contribution is -2.46. The Hall–Kier alpha value is -6.17. The summed E-state index contributed by atoms with van der Waals surface area (Å²) in [6.45, 7) is 12.3. The third-order valence-corrected chi connectivity index (χ3v) is 14.8. The quantitative estimate of drug-likeness (QED) is 0.137. The number of anilines is 2. The molecule has 67 heavy (non-hydrogen) atoms. The highest BCUT2D eigenvalue weighted by Gasteiger charge is 2.25. The van der Waals surface area contributed by atoms with Crippen LogP contribution in [-0.2, 0) is 26.2 Å². The van der Waals surface area contributed by atoms with Crippen molar-refractivity contribution in [2.45, 2.75) is 40.0 Å². The number of rotatable bonds is 10. The number of halogens is 3. The van der Waals surface area contributed by atoms with E-state index in [-0.39, 0.29) is 34.3 Å². The van der Waals surface area contributed by atoms with Gasteiger partial charge in [0.15, 0.2) is 0 Å². The van der Waals surface area contributed by atoms with Crippen LogP contribution in [0.1, 0.15) is 45.7 Å². The number of fused-ring (bicyclic) bond motifs is 4. The van der Waals surface area contributed by atoms with E-state index >= 15 is 8.78 Å². The highest BCUT2D eigenvalue weighted by molar-refractivity contribution is 7.17. The number of carboxylic acids is 2. The molecule has 8 aromatic rings. The van der Waals surface area contributed by atoms with Gasteiger partial charge in [0.25, 0.3) is 0 Å². The summed E-state index contributed by atoms with van der Waals surface area (Å²) in [7, 11) is 0. The molecule has 0 atom stereocenters. The molecule has 17 heteroatoms. The molecule has 0 unspecified atom stereocenters. The van der Waals surface area contributed by atoms with E-state index in [1.165, 1.54) is 55.8 Å². The third kappa shape index (κ3) is 9.41. The fraction of sp³-hybridized carbons (Fsp3) is 0.280. The van der Waals surface area contributed by atoms with E-state index in [9.17, 15) is 29.4 Å². The van der Waals surface area contributed by atoms with Gasteiger partial charge in [0, 0.05) is 111 Å². The number of pyridine rings is 2. The monoisotopic (exact) mass is 966 g/mol. The number of carboxylic acid groups (broad SMARTS) is 2. The van der Waals surface area contributed by atoms with Gasteiger partial charge in [0.1, 0.15) is 22.8 Å². The van der Waals surface area contributed by atoms with Gasteiger partial charge in [-0.1, -0.05) is 36.4 Å². The lowest BCUT2D eigenvalue weighted by atomic mass is 10.1. The molecular formula is C50H49ClF2N6O6S2. The van der Waals surface area contributed by atoms with Crippen molar-refractivity contribution >= 4 is 100 Å². The summed E-state index contributed by atoms with van der Waals surface area (Å²) in [5.41, 5.74) is 2.64. The Bertz CT molecular complexity index is 3060. The van der Waals surface area contributed by atoms with Crippen LogP contribution >= 0.6 is 35.1 Å². The van der Waals surface area contributed by atoms with Crippen LogP contribution in [-0.4, -0.2) is 93.4 Å². The maximum atomic E-state index is 15.1. The Morgan fingerprint density at radius 1 is 0.582 bits per heavy atom. The molecule has 348 valence electrons. The van der Waals surface area contributed by atoms with Gasteiger partial charge in [-0.25, -0.2) is 18.4 Å². The van der Waals surface area contributed by atoms with Crippen LogP contribution in [0, 0.1) is 11.6 Å². The number of aromatic carboxylic acids is 2. The zero-order valence-corrected chi connectivity index (χ0v) is 39.4. The number of carbonyl (C=O) groups is 2. The number of hydrogen-bond acceptors (Lipinski definition) is 10. The standard InChI is InChI=1S/2C25H24FN3O3S.ClH/c2*1-2-28-15-19(25(31)32)23(30)18-12-20(26)22(13-21(18)28)29-9-7-27(8-10-29)14-17-5-3-4-16-6-11-33-24(16)17;/h2*3-6,11-13,15H,2,7-10,14H2,1H3,(H,31,32);1H. The summed E-state index contributed by atoms with van der Waals surface area (Å²) in [4.78, 5) is 56.8. The average Bonchev–Trinajstić information content (AvgIpc) is 4.02. The molecule has 2 saturated heterocycles. The van der Waals surface area contributed by atoms with Crippen molar-refractivity contribution < 1.29 is 28.6 Å². The number of benzene rings is 4. The lowest BCUT2D eigenvalue weighted by molar-refractivity contribution is 0.0684. The van der Waals surface area contributed by atoms with E-state index in [1.54, 1.807) is 43.9 Å². The van der Waals surface area contributed by atoms with Crippen LogP contribution in [0.5, 0.6) is 0 Å². The number of hydrogen-bond donors (Lipinski definition) is 2. The van der Waals surface area contributed by atoms with Crippen molar-refractivity contribution in [2.24, 2.45) is 0 Å². The molecule has 12 nitrogen and oxygen atoms in total. The fourth-order valence-electron chi connectivity index (χ4n) is 9.25. The fourth-order valence-corrected chi connectivity index (χ4v) is 11.1. The van der Waals surface area contributed by atoms with E-state index in [4.69, 9.17) is 0 Å². The van der Waals surface area contributed by atoms with Crippen molar-refractivity contribution in [1.29, 1.82) is 0 Å². The van der Waals surface area contributed by atoms with Gasteiger partial charge in [-0.2, -0.15) is 0 Å². The minimum Gasteiger partial charge on any atom is -0.477 e. The number of aryl methyl sites for hydroxylation is 2. The highest BCUT2D eigenvalue weighted by Crippen LogP contribution is 2.31. The Morgan fingerprint density at radius 3 is 1.33 bits per heavy atom. The number of thiophene rings is 2. The molecular weight excluding hydrogens is 918 g/mol. The average molecular weight is 968 g/mol. The third-order valence-electron chi connectivity index (χ3n) is 12.8. The lowest BCUT2D eigenvalue weighted by Gasteiger charge is -2.36. The molecule has 2 aliphatic heterocycles. The largest absolute Gasteiger partial charge is 0.477 e. The Balaban J connectivity index is 0.000000179. The molecule has 0 aliphatic carbocycles. The van der Waals surface area contributed by atoms with Crippen molar-refractivity contribution in [3.05, 3.63) is 150 Å². The van der Waals surface area contributed by atoms with Gasteiger partial charge in [0.2, 0.25) is 10.9 Å². The van der Waals surface area contributed by atoms with Crippen LogP contribution in [0.25, 0.3) is 42.0 Å². The summed E-state index contributed by atoms with van der Waals surface area (Å²) < 4.78 is 36.2. The van der Waals surface area contributed by atoms with E-state index in [1.807, 2.05) is 23.6 Å². The van der Waals surface area contributed by atoms with Crippen LogP contribution in [0.15, 0.2) is 106 Å². The topological polar surface area (TPSA) is 132 Å². The van der Waals surface area contributed by atoms with Gasteiger partial charge in [-0.3, -0.25) is 19.4 Å². The van der Waals surface area contributed by atoms with Crippen molar-refractivity contribution in [2.75, 3.05) is 62.2 Å². The van der Waals surface area contributed by atoms with Gasteiger partial charge in [0.05, 0.1) is 22.4 Å². The molecule has 0 amide bonds. The van der Waals surface area contributed by atoms with Gasteiger partial charge < -0.3 is 29.1 Å². The predicted octanol–water partition coefficient (Wildman–Crippen LogP) is 9.21. The van der Waals surface area contributed by atoms with E-state index in [0.29, 0.717) is 61.7 Å². The Labute approximate surface area is 398 Å². The van der Waals surface area contributed by atoms with Gasteiger partial charge >= 0.3 is 11.9 Å². The summed E-state index contributed by atoms with van der Waals surface area (Å²) in [5, 5.41) is 25.6. The number of nitrogens with zero attached hydrogens (tertiary/aromatic N) is 6. The smallest absolute Gasteiger partial charge is 0.341 e. The van der Waals surface area contributed by atoms with Crippen LogP contribution in [0.3, 0.4) is 0 Å². The van der Waals surface area contributed by atoms with Crippen LogP contribution < -0.4 is 20.7 Å². The normalized spacial score (nSPS) is 14.7. The van der Waals surface area contributed by atoms with Crippen molar-refractivity contribution in [3.63, 3.8) is 0 Å². The second-order valence-electron chi connectivity index (χ2n) is 16.6. The Kier molecular flexibility index (Phi) is 14.1. The maximum absolute atomic E-state index is 15.1. The molecule has 0 saturated carbocycles. The summed E-state index contributed by atoms with van der Waals surface area (Å²) >= 11 is 3.52. The summed E-state index contributed by atoms with van der Waals surface area (Å²) in [6, 6.07) is 22.8. The van der Waals surface area contributed by atoms with Crippen molar-refractivity contribution in [3.8, 4) is 0 Å². The van der Waals surface area contributed by atoms with Crippen LogP contribution in [0.4, 0.5) is 20.2 Å². The molecule has 0 bridgehead atoms. The second kappa shape index (κ2) is 20.0. The minimum absolute atomic E-state index is 0. The summed E-state index contributed by atoms with van der Waals surface area (Å²) in [6.07, 6.45) is 2.69. The molecule has 6 heterocycles. The van der Waals surface area contributed by atoms with Crippen LogP contribution in [0.2, 0.25) is 0 Å². The SMILES string of the molecule is CCn1cc(C(=O)O)c(=O)c2cc(F)c(N3CCN(Cc4cccc5ccsc45)CC3)cc21.CCn1cc(C(=O)O)c(=O)c2cc(F)c(N3CCN(Cc4cccc5ccsc45)CC3)cc21.Cl. The number of aromatic nitrogens is 2. The zero-order valence-electron chi connectivity index (χ0n) is 36.9. The number of piperazine rings is 2. The first-order valence-corrected chi connectivity index (χ1v) is 23.7. The first kappa shape index (κ1) is 47.3. The van der Waals surface area contributed by atoms with E-state index < -0.39 is 34.4 Å². The maximum Gasteiger partial charge on any atom is 0.341 e. The molecule has 2 N–H and O–H groups in total. The molecule has 2 fully saturated rings. The molecule has 4 aromatic heterocycles. The second-order valence-corrected chi connectivity index (χ2v) is 18.4. The molecule has 10 rings (SSSR count). The predicted molar refractivity (Wildman–Crippen MR) is 267 cm³/mol. The first-order valence-electron chi connectivity index (χ1n) is 22.0. The molecule has 0 spiro atoms. The van der Waals surface area contributed by atoms with Crippen molar-refractivity contribution in [1.82, 2.24) is 18.9 Å². The minimum atomic E-state index is -1.30. The molecule has 0 radical (unpaired) electrons. The molecule has 2 aliphatic rings. The van der Waals surface area contributed by atoms with E-state index in [2.05, 4.69) is 69.1 Å². The highest BCUT2D eigenvalue weighted by atomic mass is 35.5. The first-order chi connectivity index (χ1) is 31.9. The van der Waals surface area contributed by atoms with E-state index in [0.717, 1.165) is 39.3 Å². The van der Waals surface area contributed by atoms with Gasteiger partial charge in [-0.15, -0.1) is 35.1 Å². The Morgan fingerprint density at radius 2 is 0.970 bits per heavy atom. The summed E-state index contributed by atoms with van der Waals surface area (Å²) in [5.74, 6) is -3.60. The van der Waals surface area contributed by atoms with Gasteiger partial charge in [-0.05, 0) is 82.9 Å². The molecule has 4 aromatic carbocycles. The zero-order chi connectivity index (χ0) is 46.2.